The molecule has 4 nitrogen and oxygen atoms in total. The van der Waals surface area contributed by atoms with E-state index in [0.29, 0.717) is 10.8 Å². The molecule has 0 saturated heterocycles. The highest BCUT2D eigenvalue weighted by molar-refractivity contribution is 7.98. The van der Waals surface area contributed by atoms with Crippen LogP contribution in [0.25, 0.3) is 0 Å². The number of nitrogens with one attached hydrogen (secondary N) is 2. The van der Waals surface area contributed by atoms with Crippen molar-refractivity contribution >= 4 is 29.4 Å². The predicted molar refractivity (Wildman–Crippen MR) is 85.4 cm³/mol. The monoisotopic (exact) mass is 316 g/mol. The van der Waals surface area contributed by atoms with Crippen LogP contribution in [0.4, 0.5) is 4.79 Å². The van der Waals surface area contributed by atoms with Gasteiger partial charge in [0.15, 0.2) is 0 Å². The molecule has 0 saturated carbocycles. The highest BCUT2D eigenvalue weighted by Gasteiger charge is 2.20. The Hall–Kier alpha value is -0.910. The van der Waals surface area contributed by atoms with Crippen molar-refractivity contribution in [2.24, 2.45) is 0 Å². The number of urea groups is 1. The summed E-state index contributed by atoms with van der Waals surface area (Å²) in [6.07, 6.45) is 1.91. The summed E-state index contributed by atoms with van der Waals surface area (Å²) in [5, 5.41) is 16.1. The second-order valence-electron chi connectivity index (χ2n) is 5.03. The first-order valence-corrected chi connectivity index (χ1v) is 8.12. The lowest BCUT2D eigenvalue weighted by atomic mass is 10.1. The van der Waals surface area contributed by atoms with E-state index in [4.69, 9.17) is 11.6 Å². The second kappa shape index (κ2) is 7.76. The van der Waals surface area contributed by atoms with Crippen LogP contribution in [0.2, 0.25) is 5.02 Å². The van der Waals surface area contributed by atoms with Crippen molar-refractivity contribution in [3.63, 3.8) is 0 Å². The van der Waals surface area contributed by atoms with Crippen LogP contribution >= 0.6 is 23.4 Å². The fraction of sp³-hybridized carbons (Fsp3) is 0.500. The first-order chi connectivity index (χ1) is 9.34. The van der Waals surface area contributed by atoms with Crippen molar-refractivity contribution in [1.29, 1.82) is 0 Å². The van der Waals surface area contributed by atoms with Crippen molar-refractivity contribution < 1.29 is 9.90 Å². The third-order valence-corrected chi connectivity index (χ3v) is 3.93. The van der Waals surface area contributed by atoms with E-state index in [1.807, 2.05) is 31.4 Å². The topological polar surface area (TPSA) is 61.4 Å². The lowest BCUT2D eigenvalue weighted by molar-refractivity contribution is 0.0868. The van der Waals surface area contributed by atoms with Gasteiger partial charge in [0.05, 0.1) is 11.6 Å². The Kier molecular flexibility index (Phi) is 6.65. The summed E-state index contributed by atoms with van der Waals surface area (Å²) in [7, 11) is 0. The van der Waals surface area contributed by atoms with E-state index in [1.165, 1.54) is 11.8 Å². The summed E-state index contributed by atoms with van der Waals surface area (Å²) in [4.78, 5) is 11.8. The number of halogens is 1. The Morgan fingerprint density at radius 2 is 2.25 bits per heavy atom. The molecule has 1 aromatic rings. The number of carbonyl (C=O) groups is 1. The third kappa shape index (κ3) is 6.03. The van der Waals surface area contributed by atoms with Gasteiger partial charge in [-0.3, -0.25) is 0 Å². The number of carbonyl (C=O) groups excluding carboxylic acids is 1. The van der Waals surface area contributed by atoms with Gasteiger partial charge >= 0.3 is 6.03 Å². The van der Waals surface area contributed by atoms with Gasteiger partial charge in [-0.05, 0) is 37.8 Å². The molecule has 0 aliphatic rings. The minimum Gasteiger partial charge on any atom is -0.387 e. The SMILES string of the molecule is CSCC(C)(O)CNC(=O)NC(C)c1cccc(Cl)c1. The molecule has 2 unspecified atom stereocenters. The van der Waals surface area contributed by atoms with Crippen LogP contribution in [0, 0.1) is 0 Å². The Labute approximate surface area is 129 Å². The molecule has 0 heterocycles. The van der Waals surface area contributed by atoms with Gasteiger partial charge in [-0.2, -0.15) is 11.8 Å². The van der Waals surface area contributed by atoms with Crippen LogP contribution < -0.4 is 10.6 Å². The van der Waals surface area contributed by atoms with Gasteiger partial charge in [-0.25, -0.2) is 4.79 Å². The van der Waals surface area contributed by atoms with Gasteiger partial charge < -0.3 is 15.7 Å². The lowest BCUT2D eigenvalue weighted by Gasteiger charge is -2.23. The van der Waals surface area contributed by atoms with Crippen LogP contribution in [0.15, 0.2) is 24.3 Å². The maximum atomic E-state index is 11.8. The molecule has 3 N–H and O–H groups in total. The molecule has 0 fully saturated rings. The molecule has 2 atom stereocenters. The van der Waals surface area contributed by atoms with Crippen LogP contribution in [0.1, 0.15) is 25.5 Å². The number of benzene rings is 1. The Bertz CT molecular complexity index is 455. The van der Waals surface area contributed by atoms with E-state index in [1.54, 1.807) is 13.0 Å². The molecule has 1 rings (SSSR count). The summed E-state index contributed by atoms with van der Waals surface area (Å²) in [6.45, 7) is 3.79. The molecule has 0 bridgehead atoms. The summed E-state index contributed by atoms with van der Waals surface area (Å²) in [6, 6.07) is 6.89. The molecule has 0 radical (unpaired) electrons. The van der Waals surface area contributed by atoms with Gasteiger partial charge in [0.25, 0.3) is 0 Å². The zero-order valence-corrected chi connectivity index (χ0v) is 13.5. The van der Waals surface area contributed by atoms with Crippen molar-refractivity contribution in [2.75, 3.05) is 18.6 Å². The second-order valence-corrected chi connectivity index (χ2v) is 6.34. The normalized spacial score (nSPS) is 15.2. The average Bonchev–Trinajstić information content (AvgIpc) is 2.36. The highest BCUT2D eigenvalue weighted by Crippen LogP contribution is 2.17. The van der Waals surface area contributed by atoms with E-state index in [9.17, 15) is 9.90 Å². The van der Waals surface area contributed by atoms with Gasteiger partial charge in [0.2, 0.25) is 0 Å². The number of hydrogen-bond donors (Lipinski definition) is 3. The lowest BCUT2D eigenvalue weighted by Crippen LogP contribution is -2.46. The minimum atomic E-state index is -0.907. The maximum Gasteiger partial charge on any atom is 0.315 e. The van der Waals surface area contributed by atoms with E-state index in [-0.39, 0.29) is 18.6 Å². The molecule has 0 aliphatic heterocycles. The van der Waals surface area contributed by atoms with Crippen molar-refractivity contribution in [3.8, 4) is 0 Å². The van der Waals surface area contributed by atoms with E-state index >= 15 is 0 Å². The van der Waals surface area contributed by atoms with E-state index in [2.05, 4.69) is 10.6 Å². The summed E-state index contributed by atoms with van der Waals surface area (Å²) >= 11 is 7.45. The highest BCUT2D eigenvalue weighted by atomic mass is 35.5. The smallest absolute Gasteiger partial charge is 0.315 e. The van der Waals surface area contributed by atoms with E-state index < -0.39 is 5.60 Å². The molecule has 0 aliphatic carbocycles. The minimum absolute atomic E-state index is 0.154. The summed E-state index contributed by atoms with van der Waals surface area (Å²) < 4.78 is 0. The number of rotatable bonds is 6. The van der Waals surface area contributed by atoms with Gasteiger partial charge in [-0.1, -0.05) is 23.7 Å². The molecule has 0 spiro atoms. The average molecular weight is 317 g/mol. The number of thioether (sulfide) groups is 1. The Morgan fingerprint density at radius 1 is 1.55 bits per heavy atom. The number of hydrogen-bond acceptors (Lipinski definition) is 3. The Morgan fingerprint density at radius 3 is 2.85 bits per heavy atom. The van der Waals surface area contributed by atoms with Crippen LogP contribution in [0.5, 0.6) is 0 Å². The standard InChI is InChI=1S/C14H21ClN2O2S/c1-10(11-5-4-6-12(15)7-11)17-13(18)16-8-14(2,19)9-20-3/h4-7,10,19H,8-9H2,1-3H3,(H2,16,17,18). The van der Waals surface area contributed by atoms with E-state index in [0.717, 1.165) is 5.56 Å². The predicted octanol–water partition coefficient (Wildman–Crippen LogP) is 2.81. The molecule has 2 amide bonds. The van der Waals surface area contributed by atoms with Gasteiger partial charge in [0.1, 0.15) is 0 Å². The molecular formula is C14H21ClN2O2S. The fourth-order valence-electron chi connectivity index (χ4n) is 1.74. The Balaban J connectivity index is 2.46. The zero-order chi connectivity index (χ0) is 15.2. The van der Waals surface area contributed by atoms with Crippen LogP contribution in [-0.4, -0.2) is 35.3 Å². The summed E-state index contributed by atoms with van der Waals surface area (Å²) in [5.41, 5.74) is 0.0271. The summed E-state index contributed by atoms with van der Waals surface area (Å²) in [5.74, 6) is 0.567. The maximum absolute atomic E-state index is 11.8. The van der Waals surface area contributed by atoms with Crippen molar-refractivity contribution in [1.82, 2.24) is 10.6 Å². The van der Waals surface area contributed by atoms with Crippen LogP contribution in [-0.2, 0) is 0 Å². The molecule has 0 aromatic heterocycles. The fourth-order valence-corrected chi connectivity index (χ4v) is 2.66. The first-order valence-electron chi connectivity index (χ1n) is 6.35. The van der Waals surface area contributed by atoms with Crippen LogP contribution in [0.3, 0.4) is 0 Å². The number of aliphatic hydroxyl groups is 1. The van der Waals surface area contributed by atoms with Crippen molar-refractivity contribution in [3.05, 3.63) is 34.9 Å². The molecule has 1 aromatic carbocycles. The number of amides is 2. The quantitative estimate of drug-likeness (QED) is 0.756. The molecule has 6 heteroatoms. The first kappa shape index (κ1) is 17.1. The van der Waals surface area contributed by atoms with Gasteiger partial charge in [-0.15, -0.1) is 0 Å². The van der Waals surface area contributed by atoms with Gasteiger partial charge in [0, 0.05) is 17.3 Å². The molecular weight excluding hydrogens is 296 g/mol. The molecule has 112 valence electrons. The molecule has 20 heavy (non-hydrogen) atoms. The zero-order valence-electron chi connectivity index (χ0n) is 11.9. The van der Waals surface area contributed by atoms with Crippen molar-refractivity contribution in [2.45, 2.75) is 25.5 Å². The largest absolute Gasteiger partial charge is 0.387 e. The third-order valence-electron chi connectivity index (χ3n) is 2.78.